The number of carbonyl (C=O) groups is 2. The Labute approximate surface area is 167 Å². The maximum absolute atomic E-state index is 12.5. The van der Waals surface area contributed by atoms with Crippen molar-refractivity contribution in [3.63, 3.8) is 0 Å². The molecule has 0 bridgehead atoms. The van der Waals surface area contributed by atoms with Crippen LogP contribution in [-0.2, 0) is 14.8 Å². The van der Waals surface area contributed by atoms with Crippen LogP contribution in [0.2, 0.25) is 0 Å². The summed E-state index contributed by atoms with van der Waals surface area (Å²) in [6.07, 6.45) is 5.37. The monoisotopic (exact) mass is 409 g/mol. The van der Waals surface area contributed by atoms with Gasteiger partial charge in [0, 0.05) is 17.1 Å². The molecular weight excluding hydrogens is 378 g/mol. The molecule has 1 aliphatic rings. The Morgan fingerprint density at radius 1 is 1.11 bits per heavy atom. The minimum absolute atomic E-state index is 0.0184. The molecule has 7 nitrogen and oxygen atoms in total. The molecule has 28 heavy (non-hydrogen) atoms. The van der Waals surface area contributed by atoms with Crippen molar-refractivity contribution >= 4 is 21.8 Å². The first-order chi connectivity index (χ1) is 13.0. The minimum atomic E-state index is -3.75. The van der Waals surface area contributed by atoms with Crippen LogP contribution in [0.3, 0.4) is 0 Å². The second kappa shape index (κ2) is 9.05. The summed E-state index contributed by atoms with van der Waals surface area (Å²) >= 11 is 0. The molecule has 2 rings (SSSR count). The normalized spacial score (nSPS) is 15.9. The lowest BCUT2D eigenvalue weighted by atomic mass is 9.95. The summed E-state index contributed by atoms with van der Waals surface area (Å²) in [5, 5.41) is 5.53. The number of sulfonamides is 1. The lowest BCUT2D eigenvalue weighted by Gasteiger charge is -2.22. The second-order valence-corrected chi connectivity index (χ2v) is 10.1. The highest BCUT2D eigenvalue weighted by atomic mass is 32.2. The first-order valence-corrected chi connectivity index (χ1v) is 11.2. The van der Waals surface area contributed by atoms with E-state index in [0.717, 1.165) is 25.7 Å². The molecule has 1 saturated carbocycles. The van der Waals surface area contributed by atoms with E-state index >= 15 is 0 Å². The predicted octanol–water partition coefficient (Wildman–Crippen LogP) is 2.25. The van der Waals surface area contributed by atoms with E-state index in [1.807, 2.05) is 0 Å². The maximum Gasteiger partial charge on any atom is 0.252 e. The van der Waals surface area contributed by atoms with Gasteiger partial charge in [-0.25, -0.2) is 13.1 Å². The zero-order valence-corrected chi connectivity index (χ0v) is 17.9. The number of amides is 2. The average Bonchev–Trinajstić information content (AvgIpc) is 2.58. The topological polar surface area (TPSA) is 104 Å². The summed E-state index contributed by atoms with van der Waals surface area (Å²) in [7, 11) is -3.75. The van der Waals surface area contributed by atoms with E-state index in [-0.39, 0.29) is 29.0 Å². The molecule has 0 radical (unpaired) electrons. The fourth-order valence-electron chi connectivity index (χ4n) is 3.26. The molecule has 3 N–H and O–H groups in total. The van der Waals surface area contributed by atoms with Gasteiger partial charge in [0.2, 0.25) is 15.9 Å². The Hall–Kier alpha value is -1.93. The van der Waals surface area contributed by atoms with Crippen LogP contribution >= 0.6 is 0 Å². The highest BCUT2D eigenvalue weighted by Crippen LogP contribution is 2.18. The average molecular weight is 410 g/mol. The zero-order valence-electron chi connectivity index (χ0n) is 17.1. The summed E-state index contributed by atoms with van der Waals surface area (Å²) in [5.74, 6) is -0.694. The van der Waals surface area contributed by atoms with Crippen LogP contribution in [0.5, 0.6) is 0 Å². The number of hydrogen-bond acceptors (Lipinski definition) is 4. The van der Waals surface area contributed by atoms with Gasteiger partial charge in [-0.1, -0.05) is 25.3 Å². The molecule has 0 heterocycles. The van der Waals surface area contributed by atoms with Crippen molar-refractivity contribution in [1.29, 1.82) is 0 Å². The van der Waals surface area contributed by atoms with Crippen molar-refractivity contribution in [2.24, 2.45) is 0 Å². The molecular formula is C20H31N3O4S. The third kappa shape index (κ3) is 6.60. The zero-order chi connectivity index (χ0) is 20.9. The van der Waals surface area contributed by atoms with Crippen molar-refractivity contribution in [2.75, 3.05) is 6.54 Å². The van der Waals surface area contributed by atoms with E-state index in [1.165, 1.54) is 18.6 Å². The molecule has 1 aromatic carbocycles. The van der Waals surface area contributed by atoms with Crippen LogP contribution in [0.1, 0.15) is 68.8 Å². The molecule has 1 fully saturated rings. The Morgan fingerprint density at radius 2 is 1.75 bits per heavy atom. The highest BCUT2D eigenvalue weighted by molar-refractivity contribution is 7.89. The van der Waals surface area contributed by atoms with Gasteiger partial charge < -0.3 is 10.6 Å². The number of rotatable bonds is 6. The minimum Gasteiger partial charge on any atom is -0.352 e. The molecule has 2 amide bonds. The summed E-state index contributed by atoms with van der Waals surface area (Å²) in [4.78, 5) is 24.6. The first-order valence-electron chi connectivity index (χ1n) is 9.70. The third-order valence-electron chi connectivity index (χ3n) is 4.58. The Kier molecular flexibility index (Phi) is 7.22. The summed E-state index contributed by atoms with van der Waals surface area (Å²) in [5.41, 5.74) is 0.241. The largest absolute Gasteiger partial charge is 0.352 e. The first kappa shape index (κ1) is 22.4. The number of aryl methyl sites for hydroxylation is 1. The molecule has 156 valence electrons. The third-order valence-corrected chi connectivity index (χ3v) is 6.34. The van der Waals surface area contributed by atoms with Gasteiger partial charge in [0.15, 0.2) is 0 Å². The molecule has 0 aliphatic heterocycles. The Bertz CT molecular complexity index is 822. The molecule has 8 heteroatoms. The van der Waals surface area contributed by atoms with Gasteiger partial charge in [-0.2, -0.15) is 0 Å². The van der Waals surface area contributed by atoms with Crippen molar-refractivity contribution in [3.8, 4) is 0 Å². The molecule has 0 aromatic heterocycles. The van der Waals surface area contributed by atoms with Gasteiger partial charge in [0.05, 0.1) is 11.4 Å². The molecule has 1 aromatic rings. The van der Waals surface area contributed by atoms with Crippen LogP contribution in [0.25, 0.3) is 0 Å². The standard InChI is InChI=1S/C20H31N3O4S/c1-14-10-11-16(28(26,27)23-20(2,3)4)12-17(14)19(25)21-13-18(24)22-15-8-6-5-7-9-15/h10-12,15,23H,5-9,13H2,1-4H3,(H,21,25)(H,22,24). The van der Waals surface area contributed by atoms with Crippen molar-refractivity contribution in [1.82, 2.24) is 15.4 Å². The second-order valence-electron chi connectivity index (χ2n) is 8.42. The summed E-state index contributed by atoms with van der Waals surface area (Å²) in [6, 6.07) is 4.58. The van der Waals surface area contributed by atoms with Gasteiger partial charge in [-0.3, -0.25) is 9.59 Å². The van der Waals surface area contributed by atoms with Gasteiger partial charge in [0.25, 0.3) is 5.91 Å². The number of hydrogen-bond donors (Lipinski definition) is 3. The van der Waals surface area contributed by atoms with Crippen LogP contribution in [0.4, 0.5) is 0 Å². The van der Waals surface area contributed by atoms with E-state index in [0.29, 0.717) is 5.56 Å². The highest BCUT2D eigenvalue weighted by Gasteiger charge is 2.24. The van der Waals surface area contributed by atoms with Gasteiger partial charge in [-0.05, 0) is 58.2 Å². The van der Waals surface area contributed by atoms with Crippen LogP contribution in [0.15, 0.2) is 23.1 Å². The van der Waals surface area contributed by atoms with E-state index in [1.54, 1.807) is 33.8 Å². The lowest BCUT2D eigenvalue weighted by molar-refractivity contribution is -0.121. The molecule has 0 spiro atoms. The molecule has 0 saturated heterocycles. The molecule has 0 atom stereocenters. The van der Waals surface area contributed by atoms with E-state index in [2.05, 4.69) is 15.4 Å². The number of carbonyl (C=O) groups excluding carboxylic acids is 2. The Balaban J connectivity index is 2.03. The predicted molar refractivity (Wildman–Crippen MR) is 109 cm³/mol. The van der Waals surface area contributed by atoms with Gasteiger partial charge >= 0.3 is 0 Å². The van der Waals surface area contributed by atoms with E-state index in [9.17, 15) is 18.0 Å². The van der Waals surface area contributed by atoms with Gasteiger partial charge in [0.1, 0.15) is 0 Å². The quantitative estimate of drug-likeness (QED) is 0.670. The van der Waals surface area contributed by atoms with Crippen molar-refractivity contribution < 1.29 is 18.0 Å². The van der Waals surface area contributed by atoms with Crippen LogP contribution in [0, 0.1) is 6.92 Å². The Morgan fingerprint density at radius 3 is 2.36 bits per heavy atom. The molecule has 0 unspecified atom stereocenters. The number of benzene rings is 1. The summed E-state index contributed by atoms with van der Waals surface area (Å²) < 4.78 is 27.6. The van der Waals surface area contributed by atoms with Gasteiger partial charge in [-0.15, -0.1) is 0 Å². The smallest absolute Gasteiger partial charge is 0.252 e. The lowest BCUT2D eigenvalue weighted by Crippen LogP contribution is -2.43. The van der Waals surface area contributed by atoms with Crippen LogP contribution < -0.4 is 15.4 Å². The van der Waals surface area contributed by atoms with E-state index < -0.39 is 21.5 Å². The van der Waals surface area contributed by atoms with Crippen molar-refractivity contribution in [3.05, 3.63) is 29.3 Å². The van der Waals surface area contributed by atoms with E-state index in [4.69, 9.17) is 0 Å². The maximum atomic E-state index is 12.5. The number of nitrogens with one attached hydrogen (secondary N) is 3. The SMILES string of the molecule is Cc1ccc(S(=O)(=O)NC(C)(C)C)cc1C(=O)NCC(=O)NC1CCCCC1. The van der Waals surface area contributed by atoms with Crippen LogP contribution in [-0.4, -0.2) is 38.4 Å². The van der Waals surface area contributed by atoms with Crippen molar-refractivity contribution in [2.45, 2.75) is 76.3 Å². The summed E-state index contributed by atoms with van der Waals surface area (Å²) in [6.45, 7) is 6.84. The molecule has 1 aliphatic carbocycles. The fraction of sp³-hybridized carbons (Fsp3) is 0.600. The fourth-order valence-corrected chi connectivity index (χ4v) is 4.70.